The van der Waals surface area contributed by atoms with Crippen LogP contribution >= 0.6 is 23.2 Å². The number of aryl methyl sites for hydroxylation is 1. The molecule has 2 aromatic rings. The van der Waals surface area contributed by atoms with Crippen LogP contribution in [0.15, 0.2) is 12.3 Å². The van der Waals surface area contributed by atoms with Gasteiger partial charge in [0.25, 0.3) is 0 Å². The Labute approximate surface area is 135 Å². The quantitative estimate of drug-likeness (QED) is 0.525. The van der Waals surface area contributed by atoms with Gasteiger partial charge in [0.2, 0.25) is 0 Å². The number of fused-ring (bicyclic) bond motifs is 1. The van der Waals surface area contributed by atoms with Crippen molar-refractivity contribution in [2.45, 2.75) is 45.0 Å². The molecule has 0 N–H and O–H groups in total. The first-order chi connectivity index (χ1) is 10.1. The van der Waals surface area contributed by atoms with E-state index < -0.39 is 0 Å². The zero-order valence-electron chi connectivity index (χ0n) is 12.5. The molecule has 0 radical (unpaired) electrons. The van der Waals surface area contributed by atoms with Crippen molar-refractivity contribution in [3.05, 3.63) is 23.1 Å². The molecule has 116 valence electrons. The van der Waals surface area contributed by atoms with E-state index in [2.05, 4.69) is 21.5 Å². The molecule has 6 heteroatoms. The summed E-state index contributed by atoms with van der Waals surface area (Å²) in [6.45, 7) is 6.44. The van der Waals surface area contributed by atoms with E-state index in [-0.39, 0.29) is 5.38 Å². The second kappa shape index (κ2) is 7.97. The minimum atomic E-state index is -0.168. The zero-order valence-corrected chi connectivity index (χ0v) is 14.0. The van der Waals surface area contributed by atoms with Gasteiger partial charge in [0, 0.05) is 26.0 Å². The van der Waals surface area contributed by atoms with Crippen LogP contribution in [0.25, 0.3) is 11.2 Å². The van der Waals surface area contributed by atoms with Crippen LogP contribution in [0.3, 0.4) is 0 Å². The number of pyridine rings is 1. The number of hydrogen-bond acceptors (Lipinski definition) is 3. The lowest BCUT2D eigenvalue weighted by molar-refractivity contribution is 0.126. The maximum atomic E-state index is 6.23. The zero-order chi connectivity index (χ0) is 15.2. The summed E-state index contributed by atoms with van der Waals surface area (Å²) < 4.78 is 7.66. The van der Waals surface area contributed by atoms with E-state index in [4.69, 9.17) is 27.9 Å². The third-order valence-corrected chi connectivity index (χ3v) is 3.65. The number of aromatic nitrogens is 3. The van der Waals surface area contributed by atoms with E-state index in [9.17, 15) is 0 Å². The first-order valence-corrected chi connectivity index (χ1v) is 8.18. The molecule has 0 bridgehead atoms. The highest BCUT2D eigenvalue weighted by molar-refractivity contribution is 6.31. The van der Waals surface area contributed by atoms with E-state index in [1.54, 1.807) is 6.20 Å². The van der Waals surface area contributed by atoms with Gasteiger partial charge in [-0.25, -0.2) is 9.97 Å². The van der Waals surface area contributed by atoms with Crippen LogP contribution in [0.4, 0.5) is 0 Å². The highest BCUT2D eigenvalue weighted by atomic mass is 35.5. The number of ether oxygens (including phenoxy) is 1. The number of halogens is 2. The van der Waals surface area contributed by atoms with E-state index in [1.807, 2.05) is 13.0 Å². The highest BCUT2D eigenvalue weighted by Gasteiger charge is 2.15. The van der Waals surface area contributed by atoms with Crippen molar-refractivity contribution in [3.8, 4) is 0 Å². The molecule has 21 heavy (non-hydrogen) atoms. The van der Waals surface area contributed by atoms with Crippen molar-refractivity contribution in [2.24, 2.45) is 0 Å². The molecule has 0 saturated carbocycles. The van der Waals surface area contributed by atoms with Crippen molar-refractivity contribution in [3.63, 3.8) is 0 Å². The van der Waals surface area contributed by atoms with Crippen LogP contribution < -0.4 is 0 Å². The van der Waals surface area contributed by atoms with E-state index in [0.717, 1.165) is 56.0 Å². The van der Waals surface area contributed by atoms with Gasteiger partial charge in [-0.3, -0.25) is 0 Å². The first-order valence-electron chi connectivity index (χ1n) is 7.37. The molecule has 0 aromatic carbocycles. The highest BCUT2D eigenvalue weighted by Crippen LogP contribution is 2.25. The second-order valence-corrected chi connectivity index (χ2v) is 6.14. The fourth-order valence-electron chi connectivity index (χ4n) is 2.20. The molecule has 0 aliphatic heterocycles. The molecule has 1 atom stereocenters. The Balaban J connectivity index is 2.08. The molecular formula is C15H21Cl2N3O. The van der Waals surface area contributed by atoms with Crippen molar-refractivity contribution >= 4 is 34.4 Å². The van der Waals surface area contributed by atoms with Crippen molar-refractivity contribution in [1.29, 1.82) is 0 Å². The summed E-state index contributed by atoms with van der Waals surface area (Å²) in [5.41, 5.74) is 1.62. The van der Waals surface area contributed by atoms with Gasteiger partial charge in [-0.1, -0.05) is 24.9 Å². The van der Waals surface area contributed by atoms with E-state index >= 15 is 0 Å². The van der Waals surface area contributed by atoms with Crippen LogP contribution in [-0.4, -0.2) is 27.7 Å². The number of unbranched alkanes of at least 4 members (excludes halogenated alkanes) is 1. The molecule has 0 fully saturated rings. The molecule has 0 amide bonds. The predicted molar refractivity (Wildman–Crippen MR) is 87.2 cm³/mol. The van der Waals surface area contributed by atoms with Gasteiger partial charge in [0.05, 0.1) is 10.4 Å². The Morgan fingerprint density at radius 3 is 2.81 bits per heavy atom. The van der Waals surface area contributed by atoms with Gasteiger partial charge in [0.15, 0.2) is 5.65 Å². The first kappa shape index (κ1) is 16.5. The second-order valence-electron chi connectivity index (χ2n) is 5.05. The fourth-order valence-corrected chi connectivity index (χ4v) is 2.52. The molecule has 0 aliphatic carbocycles. The maximum absolute atomic E-state index is 6.23. The lowest BCUT2D eigenvalue weighted by atomic mass is 10.3. The van der Waals surface area contributed by atoms with Crippen LogP contribution in [0, 0.1) is 0 Å². The molecule has 0 saturated heterocycles. The monoisotopic (exact) mass is 329 g/mol. The molecule has 1 unspecified atom stereocenters. The Hall–Kier alpha value is -0.840. The van der Waals surface area contributed by atoms with Crippen LogP contribution in [-0.2, 0) is 11.3 Å². The Morgan fingerprint density at radius 1 is 1.33 bits per heavy atom. The summed E-state index contributed by atoms with van der Waals surface area (Å²) in [4.78, 5) is 8.93. The minimum absolute atomic E-state index is 0.168. The van der Waals surface area contributed by atoms with Crippen LogP contribution in [0.2, 0.25) is 5.02 Å². The van der Waals surface area contributed by atoms with Gasteiger partial charge in [-0.05, 0) is 25.8 Å². The summed E-state index contributed by atoms with van der Waals surface area (Å²) in [5, 5.41) is 0.419. The number of imidazole rings is 1. The summed E-state index contributed by atoms with van der Waals surface area (Å²) >= 11 is 12.2. The van der Waals surface area contributed by atoms with Crippen molar-refractivity contribution in [2.75, 3.05) is 13.2 Å². The molecular weight excluding hydrogens is 309 g/mol. The fraction of sp³-hybridized carbons (Fsp3) is 0.600. The van der Waals surface area contributed by atoms with E-state index in [0.29, 0.717) is 5.02 Å². The summed E-state index contributed by atoms with van der Waals surface area (Å²) in [6.07, 6.45) is 4.82. The summed E-state index contributed by atoms with van der Waals surface area (Å²) in [6, 6.07) is 1.82. The lowest BCUT2D eigenvalue weighted by Crippen LogP contribution is -2.08. The predicted octanol–water partition coefficient (Wildman–Crippen LogP) is 4.59. The molecule has 0 aliphatic rings. The molecule has 2 heterocycles. The number of nitrogens with zero attached hydrogens (tertiary/aromatic N) is 3. The average Bonchev–Trinajstić information content (AvgIpc) is 2.80. The summed E-state index contributed by atoms with van der Waals surface area (Å²) in [5.74, 6) is 0.829. The van der Waals surface area contributed by atoms with Gasteiger partial charge >= 0.3 is 0 Å². The number of rotatable bonds is 8. The van der Waals surface area contributed by atoms with E-state index in [1.165, 1.54) is 0 Å². The van der Waals surface area contributed by atoms with Gasteiger partial charge in [-0.2, -0.15) is 0 Å². The molecule has 2 aromatic heterocycles. The molecule has 4 nitrogen and oxygen atoms in total. The van der Waals surface area contributed by atoms with Gasteiger partial charge in [0.1, 0.15) is 11.3 Å². The maximum Gasteiger partial charge on any atom is 0.160 e. The van der Waals surface area contributed by atoms with Crippen LogP contribution in [0.1, 0.15) is 44.3 Å². The third-order valence-electron chi connectivity index (χ3n) is 3.25. The van der Waals surface area contributed by atoms with Gasteiger partial charge in [-0.15, -0.1) is 11.6 Å². The molecule has 2 rings (SSSR count). The topological polar surface area (TPSA) is 39.9 Å². The third kappa shape index (κ3) is 4.31. The van der Waals surface area contributed by atoms with Crippen molar-refractivity contribution in [1.82, 2.24) is 14.5 Å². The van der Waals surface area contributed by atoms with Crippen molar-refractivity contribution < 1.29 is 4.74 Å². The Kier molecular flexibility index (Phi) is 6.27. The smallest absolute Gasteiger partial charge is 0.160 e. The van der Waals surface area contributed by atoms with Crippen LogP contribution in [0.5, 0.6) is 0 Å². The summed E-state index contributed by atoms with van der Waals surface area (Å²) in [7, 11) is 0. The average molecular weight is 330 g/mol. The lowest BCUT2D eigenvalue weighted by Gasteiger charge is -2.10. The minimum Gasteiger partial charge on any atom is -0.381 e. The number of hydrogen-bond donors (Lipinski definition) is 0. The number of alkyl halides is 1. The standard InChI is InChI=1S/C15H21Cl2N3O/c1-3-4-7-21-8-5-6-20-14(11(2)16)19-13-9-12(17)10-18-15(13)20/h9-11H,3-8H2,1-2H3. The molecule has 0 spiro atoms. The largest absolute Gasteiger partial charge is 0.381 e. The Morgan fingerprint density at radius 2 is 2.10 bits per heavy atom. The normalized spacial score (nSPS) is 13.0. The van der Waals surface area contributed by atoms with Gasteiger partial charge < -0.3 is 9.30 Å². The Bertz CT molecular complexity index is 584. The SMILES string of the molecule is CCCCOCCCn1c(C(C)Cl)nc2cc(Cl)cnc21.